The molecule has 0 bridgehead atoms. The summed E-state index contributed by atoms with van der Waals surface area (Å²) in [6.45, 7) is 1.10. The molecule has 0 radical (unpaired) electrons. The van der Waals surface area contributed by atoms with Crippen molar-refractivity contribution < 1.29 is 13.2 Å². The van der Waals surface area contributed by atoms with Gasteiger partial charge in [0, 0.05) is 18.1 Å². The van der Waals surface area contributed by atoms with Crippen LogP contribution in [0, 0.1) is 0 Å². The zero-order chi connectivity index (χ0) is 12.5. The number of nitrogens with zero attached hydrogens (tertiary/aromatic N) is 1. The highest BCUT2D eigenvalue weighted by molar-refractivity contribution is 9.10. The Hall–Kier alpha value is -0.430. The van der Waals surface area contributed by atoms with Crippen molar-refractivity contribution >= 4 is 26.0 Å². The molecular formula is C11H14BrNO3S. The monoisotopic (exact) mass is 319 g/mol. The molecule has 1 aliphatic heterocycles. The molecule has 17 heavy (non-hydrogen) atoms. The first-order valence-electron chi connectivity index (χ1n) is 5.33. The number of benzene rings is 1. The molecule has 0 amide bonds. The van der Waals surface area contributed by atoms with Gasteiger partial charge in [-0.2, -0.15) is 4.31 Å². The number of rotatable bonds is 3. The summed E-state index contributed by atoms with van der Waals surface area (Å²) in [5, 5.41) is 0. The van der Waals surface area contributed by atoms with Crippen molar-refractivity contribution in [2.45, 2.75) is 17.4 Å². The van der Waals surface area contributed by atoms with Crippen molar-refractivity contribution in [3.63, 3.8) is 0 Å². The first-order valence-corrected chi connectivity index (χ1v) is 7.56. The van der Waals surface area contributed by atoms with E-state index in [0.717, 1.165) is 10.9 Å². The number of halogens is 1. The number of sulfonamides is 1. The highest BCUT2D eigenvalue weighted by Gasteiger charge is 2.30. The van der Waals surface area contributed by atoms with Crippen LogP contribution in [-0.2, 0) is 14.8 Å². The molecule has 2 rings (SSSR count). The van der Waals surface area contributed by atoms with Crippen molar-refractivity contribution in [2.24, 2.45) is 0 Å². The van der Waals surface area contributed by atoms with Crippen LogP contribution in [0.5, 0.6) is 0 Å². The van der Waals surface area contributed by atoms with Crippen LogP contribution >= 0.6 is 15.9 Å². The number of ether oxygens (including phenoxy) is 1. The van der Waals surface area contributed by atoms with Gasteiger partial charge in [-0.25, -0.2) is 8.42 Å². The molecule has 0 spiro atoms. The number of likely N-dealkylation sites (N-methyl/N-ethyl adjacent to an activating group) is 1. The van der Waals surface area contributed by atoms with Crippen molar-refractivity contribution in [1.82, 2.24) is 4.31 Å². The van der Waals surface area contributed by atoms with Crippen LogP contribution < -0.4 is 0 Å². The van der Waals surface area contributed by atoms with Crippen molar-refractivity contribution in [3.8, 4) is 0 Å². The molecular weight excluding hydrogens is 306 g/mol. The maximum Gasteiger partial charge on any atom is 0.243 e. The van der Waals surface area contributed by atoms with Crippen molar-refractivity contribution in [1.29, 1.82) is 0 Å². The molecule has 1 heterocycles. The fourth-order valence-corrected chi connectivity index (χ4v) is 3.77. The van der Waals surface area contributed by atoms with Gasteiger partial charge in [-0.15, -0.1) is 0 Å². The lowest BCUT2D eigenvalue weighted by molar-refractivity contribution is 0.181. The van der Waals surface area contributed by atoms with Gasteiger partial charge in [0.15, 0.2) is 0 Å². The van der Waals surface area contributed by atoms with Crippen molar-refractivity contribution in [2.75, 3.05) is 20.3 Å². The normalized spacial score (nSPS) is 21.0. The molecule has 4 nitrogen and oxygen atoms in total. The maximum atomic E-state index is 12.3. The van der Waals surface area contributed by atoms with Gasteiger partial charge in [0.2, 0.25) is 10.0 Å². The second kappa shape index (κ2) is 5.06. The van der Waals surface area contributed by atoms with Gasteiger partial charge in [0.1, 0.15) is 0 Å². The van der Waals surface area contributed by atoms with Gasteiger partial charge in [-0.3, -0.25) is 0 Å². The van der Waals surface area contributed by atoms with Gasteiger partial charge in [-0.05, 0) is 24.6 Å². The molecule has 0 N–H and O–H groups in total. The largest absolute Gasteiger partial charge is 0.380 e. The molecule has 0 saturated carbocycles. The third kappa shape index (κ3) is 2.70. The number of hydrogen-bond donors (Lipinski definition) is 0. The molecule has 1 aromatic rings. The van der Waals surface area contributed by atoms with E-state index in [4.69, 9.17) is 4.74 Å². The van der Waals surface area contributed by atoms with E-state index in [-0.39, 0.29) is 6.04 Å². The van der Waals surface area contributed by atoms with E-state index in [1.54, 1.807) is 31.3 Å². The standard InChI is InChI=1S/C11H14BrNO3S/c1-13(10-5-6-16-8-10)17(14,15)11-4-2-3-9(12)7-11/h2-4,7,10H,5-6,8H2,1H3. The molecule has 1 atom stereocenters. The lowest BCUT2D eigenvalue weighted by atomic mass is 10.3. The Morgan fingerprint density at radius 2 is 2.24 bits per heavy atom. The van der Waals surface area contributed by atoms with Crippen LogP contribution in [0.15, 0.2) is 33.6 Å². The summed E-state index contributed by atoms with van der Waals surface area (Å²) in [6.07, 6.45) is 0.754. The maximum absolute atomic E-state index is 12.3. The highest BCUT2D eigenvalue weighted by atomic mass is 79.9. The van der Waals surface area contributed by atoms with Crippen LogP contribution in [0.2, 0.25) is 0 Å². The molecule has 0 aromatic heterocycles. The minimum atomic E-state index is -3.42. The summed E-state index contributed by atoms with van der Waals surface area (Å²) in [6, 6.07) is 6.68. The second-order valence-electron chi connectivity index (χ2n) is 4.00. The predicted octanol–water partition coefficient (Wildman–Crippen LogP) is 1.86. The molecule has 6 heteroatoms. The van der Waals surface area contributed by atoms with E-state index in [1.165, 1.54) is 4.31 Å². The van der Waals surface area contributed by atoms with E-state index in [0.29, 0.717) is 18.1 Å². The predicted molar refractivity (Wildman–Crippen MR) is 68.3 cm³/mol. The lowest BCUT2D eigenvalue weighted by Crippen LogP contribution is -2.37. The number of hydrogen-bond acceptors (Lipinski definition) is 3. The van der Waals surface area contributed by atoms with Crippen molar-refractivity contribution in [3.05, 3.63) is 28.7 Å². The van der Waals surface area contributed by atoms with Gasteiger partial charge < -0.3 is 4.74 Å². The topological polar surface area (TPSA) is 46.6 Å². The van der Waals surface area contributed by atoms with Crippen LogP contribution in [0.25, 0.3) is 0 Å². The second-order valence-corrected chi connectivity index (χ2v) is 6.91. The molecule has 1 saturated heterocycles. The van der Waals surface area contributed by atoms with E-state index in [9.17, 15) is 8.42 Å². The molecule has 1 unspecified atom stereocenters. The summed E-state index contributed by atoms with van der Waals surface area (Å²) >= 11 is 3.28. The summed E-state index contributed by atoms with van der Waals surface area (Å²) < 4.78 is 32.0. The Labute approximate surface area is 110 Å². The Balaban J connectivity index is 2.29. The summed E-state index contributed by atoms with van der Waals surface area (Å²) in [5.74, 6) is 0. The summed E-state index contributed by atoms with van der Waals surface area (Å²) in [4.78, 5) is 0.307. The van der Waals surface area contributed by atoms with Crippen LogP contribution in [-0.4, -0.2) is 39.0 Å². The van der Waals surface area contributed by atoms with Gasteiger partial charge >= 0.3 is 0 Å². The summed E-state index contributed by atoms with van der Waals surface area (Å²) in [7, 11) is -1.81. The fraction of sp³-hybridized carbons (Fsp3) is 0.455. The Bertz CT molecular complexity index is 497. The van der Waals surface area contributed by atoms with Gasteiger partial charge in [0.25, 0.3) is 0 Å². The van der Waals surface area contributed by atoms with Crippen LogP contribution in [0.1, 0.15) is 6.42 Å². The molecule has 1 fully saturated rings. The smallest absolute Gasteiger partial charge is 0.243 e. The fourth-order valence-electron chi connectivity index (χ4n) is 1.80. The SMILES string of the molecule is CN(C1CCOC1)S(=O)(=O)c1cccc(Br)c1. The van der Waals surface area contributed by atoms with Gasteiger partial charge in [-0.1, -0.05) is 22.0 Å². The average molecular weight is 320 g/mol. The molecule has 1 aromatic carbocycles. The van der Waals surface area contributed by atoms with Crippen LogP contribution in [0.3, 0.4) is 0 Å². The Morgan fingerprint density at radius 1 is 1.47 bits per heavy atom. The molecule has 94 valence electrons. The summed E-state index contributed by atoms with van der Waals surface area (Å²) in [5.41, 5.74) is 0. The Morgan fingerprint density at radius 3 is 2.82 bits per heavy atom. The quantitative estimate of drug-likeness (QED) is 0.854. The zero-order valence-electron chi connectivity index (χ0n) is 9.47. The first kappa shape index (κ1) is 13.0. The third-order valence-electron chi connectivity index (χ3n) is 2.89. The minimum Gasteiger partial charge on any atom is -0.380 e. The Kier molecular flexibility index (Phi) is 3.87. The van der Waals surface area contributed by atoms with E-state index in [2.05, 4.69) is 15.9 Å². The first-order chi connectivity index (χ1) is 8.01. The van der Waals surface area contributed by atoms with Crippen LogP contribution in [0.4, 0.5) is 0 Å². The molecule has 1 aliphatic rings. The van der Waals surface area contributed by atoms with Gasteiger partial charge in [0.05, 0.1) is 17.5 Å². The van der Waals surface area contributed by atoms with E-state index < -0.39 is 10.0 Å². The lowest BCUT2D eigenvalue weighted by Gasteiger charge is -2.22. The zero-order valence-corrected chi connectivity index (χ0v) is 11.9. The minimum absolute atomic E-state index is 0.0565. The molecule has 0 aliphatic carbocycles. The van der Waals surface area contributed by atoms with E-state index >= 15 is 0 Å². The van der Waals surface area contributed by atoms with E-state index in [1.807, 2.05) is 0 Å². The average Bonchev–Trinajstić information content (AvgIpc) is 2.81. The third-order valence-corrected chi connectivity index (χ3v) is 5.29. The highest BCUT2D eigenvalue weighted by Crippen LogP contribution is 2.23.